The normalized spacial score (nSPS) is 12.2. The summed E-state index contributed by atoms with van der Waals surface area (Å²) in [5.74, 6) is -0.700. The Balaban J connectivity index is 1.51. The molecule has 0 aliphatic carbocycles. The topological polar surface area (TPSA) is 73.9 Å². The van der Waals surface area contributed by atoms with Crippen LogP contribution in [0.15, 0.2) is 42.5 Å². The molecule has 0 saturated heterocycles. The lowest BCUT2D eigenvalue weighted by Gasteiger charge is -2.05. The number of hydrogen-bond donors (Lipinski definition) is 1. The highest BCUT2D eigenvalue weighted by molar-refractivity contribution is 6.32. The van der Waals surface area contributed by atoms with Crippen molar-refractivity contribution in [2.45, 2.75) is 0 Å². The van der Waals surface area contributed by atoms with Gasteiger partial charge in [0.1, 0.15) is 5.82 Å². The SMILES string of the molecule is O=C(COC(=O)C=Cc1cc(Cl)c2c(c1)OCO2)Nc1ccc(F)cc1. The Morgan fingerprint density at radius 1 is 1.23 bits per heavy atom. The quantitative estimate of drug-likeness (QED) is 0.638. The van der Waals surface area contributed by atoms with Crippen molar-refractivity contribution in [2.24, 2.45) is 0 Å². The van der Waals surface area contributed by atoms with Gasteiger partial charge in [0.2, 0.25) is 6.79 Å². The molecule has 1 aliphatic heterocycles. The molecule has 0 saturated carbocycles. The Labute approximate surface area is 153 Å². The first-order chi connectivity index (χ1) is 12.5. The van der Waals surface area contributed by atoms with Crippen LogP contribution >= 0.6 is 11.6 Å². The average molecular weight is 378 g/mol. The highest BCUT2D eigenvalue weighted by atomic mass is 35.5. The molecule has 6 nitrogen and oxygen atoms in total. The Hall–Kier alpha value is -3.06. The predicted molar refractivity (Wildman–Crippen MR) is 92.6 cm³/mol. The molecule has 0 spiro atoms. The number of fused-ring (bicyclic) bond motifs is 1. The molecule has 2 aromatic carbocycles. The molecule has 26 heavy (non-hydrogen) atoms. The van der Waals surface area contributed by atoms with E-state index in [2.05, 4.69) is 5.32 Å². The summed E-state index contributed by atoms with van der Waals surface area (Å²) in [5, 5.41) is 2.85. The van der Waals surface area contributed by atoms with Crippen molar-refractivity contribution in [3.8, 4) is 11.5 Å². The van der Waals surface area contributed by atoms with E-state index in [-0.39, 0.29) is 6.79 Å². The van der Waals surface area contributed by atoms with Gasteiger partial charge in [-0.1, -0.05) is 11.6 Å². The van der Waals surface area contributed by atoms with Gasteiger partial charge in [0.05, 0.1) is 5.02 Å². The van der Waals surface area contributed by atoms with Gasteiger partial charge < -0.3 is 19.5 Å². The molecule has 1 heterocycles. The molecule has 0 bridgehead atoms. The zero-order chi connectivity index (χ0) is 18.5. The minimum Gasteiger partial charge on any atom is -0.454 e. The number of ether oxygens (including phenoxy) is 3. The lowest BCUT2D eigenvalue weighted by molar-refractivity contribution is -0.142. The lowest BCUT2D eigenvalue weighted by atomic mass is 10.2. The minimum absolute atomic E-state index is 0.0907. The number of rotatable bonds is 5. The van der Waals surface area contributed by atoms with Crippen LogP contribution in [-0.2, 0) is 14.3 Å². The lowest BCUT2D eigenvalue weighted by Crippen LogP contribution is -2.20. The van der Waals surface area contributed by atoms with E-state index < -0.39 is 24.3 Å². The van der Waals surface area contributed by atoms with Gasteiger partial charge in [-0.3, -0.25) is 4.79 Å². The van der Waals surface area contributed by atoms with Crippen LogP contribution in [0.1, 0.15) is 5.56 Å². The van der Waals surface area contributed by atoms with E-state index in [1.165, 1.54) is 36.4 Å². The molecule has 0 radical (unpaired) electrons. The van der Waals surface area contributed by atoms with Gasteiger partial charge >= 0.3 is 5.97 Å². The van der Waals surface area contributed by atoms with E-state index in [9.17, 15) is 14.0 Å². The highest BCUT2D eigenvalue weighted by Crippen LogP contribution is 2.40. The molecule has 0 fully saturated rings. The third-order valence-corrected chi connectivity index (χ3v) is 3.62. The Morgan fingerprint density at radius 2 is 2.00 bits per heavy atom. The zero-order valence-corrected chi connectivity index (χ0v) is 14.1. The van der Waals surface area contributed by atoms with Crippen LogP contribution in [0.4, 0.5) is 10.1 Å². The van der Waals surface area contributed by atoms with Crippen LogP contribution in [0.5, 0.6) is 11.5 Å². The second-order valence-electron chi connectivity index (χ2n) is 5.23. The summed E-state index contributed by atoms with van der Waals surface area (Å²) in [6.45, 7) is -0.379. The van der Waals surface area contributed by atoms with E-state index in [4.69, 9.17) is 25.8 Å². The van der Waals surface area contributed by atoms with E-state index in [1.54, 1.807) is 12.1 Å². The number of halogens is 2. The number of carbonyl (C=O) groups excluding carboxylic acids is 2. The van der Waals surface area contributed by atoms with Crippen molar-refractivity contribution in [3.05, 3.63) is 58.9 Å². The maximum atomic E-state index is 12.8. The van der Waals surface area contributed by atoms with Gasteiger partial charge in [0, 0.05) is 11.8 Å². The molecule has 1 amide bonds. The van der Waals surface area contributed by atoms with Gasteiger partial charge in [-0.2, -0.15) is 0 Å². The summed E-state index contributed by atoms with van der Waals surface area (Å²) in [4.78, 5) is 23.4. The highest BCUT2D eigenvalue weighted by Gasteiger charge is 2.17. The van der Waals surface area contributed by atoms with Crippen molar-refractivity contribution in [2.75, 3.05) is 18.7 Å². The van der Waals surface area contributed by atoms with Crippen molar-refractivity contribution < 1.29 is 28.2 Å². The number of carbonyl (C=O) groups is 2. The average Bonchev–Trinajstić information content (AvgIpc) is 3.09. The van der Waals surface area contributed by atoms with Crippen LogP contribution in [0.3, 0.4) is 0 Å². The van der Waals surface area contributed by atoms with Gasteiger partial charge in [-0.25, -0.2) is 9.18 Å². The molecule has 2 aromatic rings. The molecule has 3 rings (SSSR count). The number of esters is 1. The first kappa shape index (κ1) is 17.8. The summed E-state index contributed by atoms with van der Waals surface area (Å²) in [6.07, 6.45) is 2.65. The minimum atomic E-state index is -0.701. The van der Waals surface area contributed by atoms with E-state index in [0.717, 1.165) is 0 Å². The summed E-state index contributed by atoms with van der Waals surface area (Å²) >= 11 is 6.05. The second kappa shape index (κ2) is 7.88. The number of hydrogen-bond acceptors (Lipinski definition) is 5. The Bertz CT molecular complexity index is 867. The summed E-state index contributed by atoms with van der Waals surface area (Å²) in [5.41, 5.74) is 1.02. The monoisotopic (exact) mass is 377 g/mol. The number of nitrogens with one attached hydrogen (secondary N) is 1. The molecule has 0 atom stereocenters. The van der Waals surface area contributed by atoms with Gasteiger partial charge in [-0.15, -0.1) is 0 Å². The standard InChI is InChI=1S/C18H13ClFNO5/c19-14-7-11(8-15-18(14)26-10-25-15)1-6-17(23)24-9-16(22)21-13-4-2-12(20)3-5-13/h1-8H,9-10H2,(H,21,22). The van der Waals surface area contributed by atoms with Crippen LogP contribution in [0.25, 0.3) is 6.08 Å². The van der Waals surface area contributed by atoms with E-state index in [1.807, 2.05) is 0 Å². The van der Waals surface area contributed by atoms with Crippen molar-refractivity contribution >= 4 is 35.2 Å². The molecule has 0 aromatic heterocycles. The largest absolute Gasteiger partial charge is 0.454 e. The molecule has 1 aliphatic rings. The van der Waals surface area contributed by atoms with Crippen LogP contribution < -0.4 is 14.8 Å². The fourth-order valence-electron chi connectivity index (χ4n) is 2.16. The first-order valence-corrected chi connectivity index (χ1v) is 7.88. The van der Waals surface area contributed by atoms with Crippen molar-refractivity contribution in [3.63, 3.8) is 0 Å². The molecular weight excluding hydrogens is 365 g/mol. The Morgan fingerprint density at radius 3 is 2.77 bits per heavy atom. The maximum absolute atomic E-state index is 12.8. The second-order valence-corrected chi connectivity index (χ2v) is 5.64. The van der Waals surface area contributed by atoms with Crippen LogP contribution in [0.2, 0.25) is 5.02 Å². The maximum Gasteiger partial charge on any atom is 0.331 e. The molecule has 1 N–H and O–H groups in total. The van der Waals surface area contributed by atoms with E-state index >= 15 is 0 Å². The number of amides is 1. The fraction of sp³-hybridized carbons (Fsp3) is 0.111. The van der Waals surface area contributed by atoms with Crippen LogP contribution in [0, 0.1) is 5.82 Å². The third-order valence-electron chi connectivity index (χ3n) is 3.33. The fourth-order valence-corrected chi connectivity index (χ4v) is 2.44. The van der Waals surface area contributed by atoms with Crippen molar-refractivity contribution in [1.82, 2.24) is 0 Å². The first-order valence-electron chi connectivity index (χ1n) is 7.50. The molecule has 134 valence electrons. The summed E-state index contributed by atoms with van der Waals surface area (Å²) in [7, 11) is 0. The molecule has 0 unspecified atom stereocenters. The number of benzene rings is 2. The smallest absolute Gasteiger partial charge is 0.331 e. The molecular formula is C18H13ClFNO5. The molecule has 8 heteroatoms. The summed E-state index contributed by atoms with van der Waals surface area (Å²) in [6, 6.07) is 8.50. The zero-order valence-electron chi connectivity index (χ0n) is 13.3. The van der Waals surface area contributed by atoms with E-state index in [0.29, 0.717) is 27.8 Å². The summed E-state index contributed by atoms with van der Waals surface area (Å²) < 4.78 is 28.1. The number of anilines is 1. The van der Waals surface area contributed by atoms with Gasteiger partial charge in [0.15, 0.2) is 18.1 Å². The third kappa shape index (κ3) is 4.52. The Kier molecular flexibility index (Phi) is 5.38. The van der Waals surface area contributed by atoms with Gasteiger partial charge in [0.25, 0.3) is 5.91 Å². The van der Waals surface area contributed by atoms with Gasteiger partial charge in [-0.05, 0) is 48.0 Å². The predicted octanol–water partition coefficient (Wildman–Crippen LogP) is 3.40. The van der Waals surface area contributed by atoms with Crippen LogP contribution in [-0.4, -0.2) is 25.3 Å². The van der Waals surface area contributed by atoms with Crippen molar-refractivity contribution in [1.29, 1.82) is 0 Å².